The van der Waals surface area contributed by atoms with Crippen molar-refractivity contribution in [1.29, 1.82) is 0 Å². The average molecular weight is 391 g/mol. The molecule has 0 amide bonds. The molecule has 1 unspecified atom stereocenters. The van der Waals surface area contributed by atoms with E-state index in [1.807, 2.05) is 24.3 Å². The second-order valence-corrected chi connectivity index (χ2v) is 6.35. The van der Waals surface area contributed by atoms with Crippen molar-refractivity contribution in [2.45, 2.75) is 18.9 Å². The summed E-state index contributed by atoms with van der Waals surface area (Å²) in [6, 6.07) is 11.8. The Morgan fingerprint density at radius 3 is 2.47 bits per heavy atom. The molecule has 0 saturated heterocycles. The van der Waals surface area contributed by atoms with Crippen LogP contribution in [0.5, 0.6) is 0 Å². The Morgan fingerprint density at radius 1 is 1.21 bits per heavy atom. The van der Waals surface area contributed by atoms with Gasteiger partial charge >= 0.3 is 0 Å². The Bertz CT molecular complexity index is 581. The van der Waals surface area contributed by atoms with E-state index in [0.717, 1.165) is 9.13 Å². The van der Waals surface area contributed by atoms with Gasteiger partial charge in [0.25, 0.3) is 0 Å². The first-order valence-electron chi connectivity index (χ1n) is 5.81. The molecular formula is C15H13ClFIO. The molecule has 0 aliphatic rings. The Hall–Kier alpha value is -0.650. The summed E-state index contributed by atoms with van der Waals surface area (Å²) < 4.78 is 14.3. The second-order valence-electron chi connectivity index (χ2n) is 4.69. The molecule has 1 N–H and O–H groups in total. The van der Waals surface area contributed by atoms with Crippen LogP contribution in [0.4, 0.5) is 4.39 Å². The van der Waals surface area contributed by atoms with Crippen LogP contribution in [0.15, 0.2) is 42.5 Å². The van der Waals surface area contributed by atoms with Gasteiger partial charge < -0.3 is 5.11 Å². The van der Waals surface area contributed by atoms with Gasteiger partial charge in [-0.25, -0.2) is 4.39 Å². The summed E-state index contributed by atoms with van der Waals surface area (Å²) in [5.74, 6) is -0.349. The van der Waals surface area contributed by atoms with Crippen molar-refractivity contribution < 1.29 is 9.50 Å². The highest BCUT2D eigenvalue weighted by Gasteiger charge is 2.24. The van der Waals surface area contributed by atoms with Crippen molar-refractivity contribution in [2.24, 2.45) is 0 Å². The Morgan fingerprint density at radius 2 is 1.84 bits per heavy atom. The predicted octanol–water partition coefficient (Wildman–Crippen LogP) is 4.53. The fourth-order valence-electron chi connectivity index (χ4n) is 1.96. The molecule has 0 spiro atoms. The molecule has 19 heavy (non-hydrogen) atoms. The first kappa shape index (κ1) is 14.8. The maximum Gasteiger partial charge on any atom is 0.123 e. The summed E-state index contributed by atoms with van der Waals surface area (Å²) in [5, 5.41) is 11.0. The van der Waals surface area contributed by atoms with Gasteiger partial charge in [0.15, 0.2) is 0 Å². The summed E-state index contributed by atoms with van der Waals surface area (Å²) in [6.07, 6.45) is 0.268. The van der Waals surface area contributed by atoms with Gasteiger partial charge in [-0.1, -0.05) is 23.7 Å². The Labute approximate surface area is 130 Å². The highest BCUT2D eigenvalue weighted by Crippen LogP contribution is 2.29. The van der Waals surface area contributed by atoms with E-state index in [4.69, 9.17) is 11.6 Å². The van der Waals surface area contributed by atoms with Gasteiger partial charge in [-0.2, -0.15) is 0 Å². The standard InChI is InChI=1S/C15H13ClFIO/c1-15(19,11-2-5-13(18)6-3-11)9-10-8-12(17)4-7-14(10)16/h2-8,19H,9H2,1H3. The SMILES string of the molecule is CC(O)(Cc1cc(F)ccc1Cl)c1ccc(I)cc1. The third-order valence-electron chi connectivity index (χ3n) is 3.01. The molecule has 0 fully saturated rings. The maximum atomic E-state index is 13.2. The van der Waals surface area contributed by atoms with Gasteiger partial charge in [0, 0.05) is 15.0 Å². The molecule has 1 nitrogen and oxygen atoms in total. The normalized spacial score (nSPS) is 14.2. The van der Waals surface area contributed by atoms with E-state index in [2.05, 4.69) is 22.6 Å². The molecule has 4 heteroatoms. The Kier molecular flexibility index (Phi) is 4.48. The van der Waals surface area contributed by atoms with Crippen LogP contribution < -0.4 is 0 Å². The van der Waals surface area contributed by atoms with E-state index in [1.54, 1.807) is 6.92 Å². The van der Waals surface area contributed by atoms with Crippen molar-refractivity contribution in [1.82, 2.24) is 0 Å². The van der Waals surface area contributed by atoms with Crippen LogP contribution in [0.1, 0.15) is 18.1 Å². The lowest BCUT2D eigenvalue weighted by atomic mass is 9.89. The molecule has 2 rings (SSSR count). The van der Waals surface area contributed by atoms with Gasteiger partial charge in [-0.15, -0.1) is 0 Å². The molecule has 1 atom stereocenters. The van der Waals surface area contributed by atoms with E-state index in [0.29, 0.717) is 10.6 Å². The van der Waals surface area contributed by atoms with E-state index < -0.39 is 5.60 Å². The van der Waals surface area contributed by atoms with Gasteiger partial charge in [-0.05, 0) is 71.0 Å². The first-order valence-corrected chi connectivity index (χ1v) is 7.26. The molecule has 0 radical (unpaired) electrons. The van der Waals surface area contributed by atoms with Gasteiger partial charge in [0.2, 0.25) is 0 Å². The van der Waals surface area contributed by atoms with Crippen LogP contribution >= 0.6 is 34.2 Å². The smallest absolute Gasteiger partial charge is 0.123 e. The fraction of sp³-hybridized carbons (Fsp3) is 0.200. The minimum absolute atomic E-state index is 0.268. The largest absolute Gasteiger partial charge is 0.385 e. The van der Waals surface area contributed by atoms with Crippen molar-refractivity contribution in [3.8, 4) is 0 Å². The zero-order chi connectivity index (χ0) is 14.0. The van der Waals surface area contributed by atoms with E-state index in [9.17, 15) is 9.50 Å². The fourth-order valence-corrected chi connectivity index (χ4v) is 2.50. The van der Waals surface area contributed by atoms with Crippen molar-refractivity contribution >= 4 is 34.2 Å². The van der Waals surface area contributed by atoms with Crippen LogP contribution in [0.2, 0.25) is 5.02 Å². The highest BCUT2D eigenvalue weighted by atomic mass is 127. The van der Waals surface area contributed by atoms with E-state index in [-0.39, 0.29) is 12.2 Å². The Balaban J connectivity index is 2.30. The molecule has 100 valence electrons. The number of hydrogen-bond donors (Lipinski definition) is 1. The third kappa shape index (κ3) is 3.68. The zero-order valence-corrected chi connectivity index (χ0v) is 13.2. The zero-order valence-electron chi connectivity index (χ0n) is 10.3. The maximum absolute atomic E-state index is 13.2. The van der Waals surface area contributed by atoms with Gasteiger partial charge in [-0.3, -0.25) is 0 Å². The topological polar surface area (TPSA) is 20.2 Å². The predicted molar refractivity (Wildman–Crippen MR) is 83.8 cm³/mol. The number of halogens is 3. The van der Waals surface area contributed by atoms with E-state index in [1.165, 1.54) is 18.2 Å². The second kappa shape index (κ2) is 5.77. The van der Waals surface area contributed by atoms with Crippen LogP contribution in [-0.4, -0.2) is 5.11 Å². The minimum Gasteiger partial charge on any atom is -0.385 e. The first-order chi connectivity index (χ1) is 8.88. The molecule has 0 heterocycles. The molecule has 0 aliphatic carbocycles. The molecule has 0 bridgehead atoms. The van der Waals surface area contributed by atoms with Crippen LogP contribution in [0, 0.1) is 9.39 Å². The minimum atomic E-state index is -1.08. The van der Waals surface area contributed by atoms with E-state index >= 15 is 0 Å². The van der Waals surface area contributed by atoms with Crippen molar-refractivity contribution in [2.75, 3.05) is 0 Å². The summed E-state index contributed by atoms with van der Waals surface area (Å²) in [6.45, 7) is 1.70. The molecule has 2 aromatic carbocycles. The molecule has 0 saturated carbocycles. The molecule has 0 aliphatic heterocycles. The lowest BCUT2D eigenvalue weighted by molar-refractivity contribution is 0.0576. The number of hydrogen-bond acceptors (Lipinski definition) is 1. The van der Waals surface area contributed by atoms with Crippen molar-refractivity contribution in [3.05, 3.63) is 68.0 Å². The van der Waals surface area contributed by atoms with Crippen LogP contribution in [-0.2, 0) is 12.0 Å². The molecule has 0 aromatic heterocycles. The monoisotopic (exact) mass is 390 g/mol. The quantitative estimate of drug-likeness (QED) is 0.763. The lowest BCUT2D eigenvalue weighted by Gasteiger charge is -2.24. The average Bonchev–Trinajstić information content (AvgIpc) is 2.34. The summed E-state index contributed by atoms with van der Waals surface area (Å²) in [7, 11) is 0. The lowest BCUT2D eigenvalue weighted by Crippen LogP contribution is -2.24. The number of rotatable bonds is 3. The van der Waals surface area contributed by atoms with Gasteiger partial charge in [0.1, 0.15) is 5.82 Å². The van der Waals surface area contributed by atoms with Gasteiger partial charge in [0.05, 0.1) is 5.60 Å². The molecular weight excluding hydrogens is 378 g/mol. The van der Waals surface area contributed by atoms with Crippen LogP contribution in [0.25, 0.3) is 0 Å². The number of aliphatic hydroxyl groups is 1. The summed E-state index contributed by atoms with van der Waals surface area (Å²) >= 11 is 8.24. The highest BCUT2D eigenvalue weighted by molar-refractivity contribution is 14.1. The molecule has 2 aromatic rings. The summed E-state index contributed by atoms with van der Waals surface area (Å²) in [5.41, 5.74) is 0.306. The van der Waals surface area contributed by atoms with Crippen molar-refractivity contribution in [3.63, 3.8) is 0 Å². The van der Waals surface area contributed by atoms with Crippen LogP contribution in [0.3, 0.4) is 0 Å². The summed E-state index contributed by atoms with van der Waals surface area (Å²) in [4.78, 5) is 0. The third-order valence-corrected chi connectivity index (χ3v) is 4.10. The number of benzene rings is 2.